The molecule has 0 spiro atoms. The number of fused-ring (bicyclic) bond motifs is 8. The van der Waals surface area contributed by atoms with Gasteiger partial charge in [-0.25, -0.2) is 39.9 Å². The summed E-state index contributed by atoms with van der Waals surface area (Å²) in [7, 11) is 0. The normalized spacial score (nSPS) is 11.3. The molecular weight excluding hydrogens is 1460 g/mol. The summed E-state index contributed by atoms with van der Waals surface area (Å²) in [6, 6.07) is 153. The zero-order valence-corrected chi connectivity index (χ0v) is 65.1. The van der Waals surface area contributed by atoms with Crippen LogP contribution in [-0.2, 0) is 0 Å². The first kappa shape index (κ1) is 71.6. The second-order valence-corrected chi connectivity index (χ2v) is 30.2. The van der Waals surface area contributed by atoms with Crippen LogP contribution >= 0.6 is 0 Å². The highest BCUT2D eigenvalue weighted by Crippen LogP contribution is 2.41. The number of nitrogens with zero attached hydrogens (tertiary/aromatic N) is 8. The van der Waals surface area contributed by atoms with Crippen molar-refractivity contribution in [3.05, 3.63) is 437 Å². The van der Waals surface area contributed by atoms with Gasteiger partial charge >= 0.3 is 0 Å². The molecule has 0 radical (unpaired) electrons. The Morgan fingerprint density at radius 3 is 0.758 bits per heavy atom. The average Bonchev–Trinajstić information content (AvgIpc) is 0.748. The summed E-state index contributed by atoms with van der Waals surface area (Å²) in [5.41, 5.74) is 25.3. The van der Waals surface area contributed by atoms with Gasteiger partial charge in [0.15, 0.2) is 34.9 Å². The Kier molecular flexibility index (Phi) is 18.8. The molecule has 120 heavy (non-hydrogen) atoms. The van der Waals surface area contributed by atoms with Crippen LogP contribution in [0.5, 0.6) is 0 Å². The lowest BCUT2D eigenvalue weighted by molar-refractivity contribution is 1.07. The van der Waals surface area contributed by atoms with Gasteiger partial charge in [0.25, 0.3) is 0 Å². The van der Waals surface area contributed by atoms with E-state index in [4.69, 9.17) is 39.9 Å². The maximum absolute atomic E-state index is 5.29. The molecule has 22 aromatic rings. The fourth-order valence-corrected chi connectivity index (χ4v) is 16.4. The number of para-hydroxylation sites is 1. The van der Waals surface area contributed by atoms with Crippen LogP contribution in [0.1, 0.15) is 0 Å². The van der Waals surface area contributed by atoms with Crippen molar-refractivity contribution in [3.63, 3.8) is 0 Å². The standard InChI is InChI=1S/2C56H36N4/c1-3-13-37(14-4-1)38-29-31-42(32-30-38)55-58-54(41-15-5-2-6-16-41)59-56(60-55)48-22-12-20-44(34-48)40-27-25-39(26-28-40)43-19-11-21-47(33-43)53-51-36-46-18-8-7-17-45(46)35-50(51)49-23-9-10-24-52(49)57-53;1-3-13-37(14-4-1)38-29-31-42(32-30-38)55-58-54(41-15-5-2-6-16-41)59-56(60-55)48-22-12-20-44(34-48)40-27-25-39(26-28-40)43-19-11-21-47(33-43)53-50-24-10-9-23-49(50)51-35-45-17-7-8-18-46(45)36-52(51)57-53/h2*1-36H. The van der Waals surface area contributed by atoms with E-state index in [1.54, 1.807) is 0 Å². The monoisotopic (exact) mass is 1530 g/mol. The minimum Gasteiger partial charge on any atom is -0.247 e. The van der Waals surface area contributed by atoms with Crippen molar-refractivity contribution < 1.29 is 0 Å². The number of hydrogen-bond donors (Lipinski definition) is 0. The number of pyridine rings is 2. The molecule has 22 rings (SSSR count). The fraction of sp³-hybridized carbons (Fsp3) is 0. The molecule has 0 unspecified atom stereocenters. The van der Waals surface area contributed by atoms with Gasteiger partial charge in [-0.05, 0) is 154 Å². The zero-order chi connectivity index (χ0) is 79.7. The number of hydrogen-bond acceptors (Lipinski definition) is 8. The SMILES string of the molecule is c1ccc(-c2ccc(-c3nc(-c4ccccc4)nc(-c4cccc(-c5ccc(-c6cccc(-c7nc8cc9ccccc9cc8c8ccccc78)c6)cc5)c4)n3)cc2)cc1.c1ccc(-c2ccc(-c3nc(-c4ccccc4)nc(-c4cccc(-c5ccc(-c6cccc(-c7nc8ccccc8c8cc9ccccc9cc78)c6)cc5)c4)n3)cc2)cc1. The van der Waals surface area contributed by atoms with Crippen LogP contribution in [-0.4, -0.2) is 39.9 Å². The van der Waals surface area contributed by atoms with Crippen molar-refractivity contribution >= 4 is 64.9 Å². The van der Waals surface area contributed by atoms with E-state index in [0.29, 0.717) is 34.9 Å². The molecule has 4 heterocycles. The first-order valence-electron chi connectivity index (χ1n) is 40.4. The van der Waals surface area contributed by atoms with Gasteiger partial charge in [0.2, 0.25) is 0 Å². The van der Waals surface area contributed by atoms with Gasteiger partial charge in [0.1, 0.15) is 0 Å². The van der Waals surface area contributed by atoms with Gasteiger partial charge in [-0.3, -0.25) is 0 Å². The van der Waals surface area contributed by atoms with Crippen molar-refractivity contribution in [2.75, 3.05) is 0 Å². The molecule has 4 aromatic heterocycles. The maximum Gasteiger partial charge on any atom is 0.164 e. The van der Waals surface area contributed by atoms with Crippen LogP contribution in [0, 0.1) is 0 Å². The summed E-state index contributed by atoms with van der Waals surface area (Å²) in [5.74, 6) is 3.81. The molecule has 18 aromatic carbocycles. The summed E-state index contributed by atoms with van der Waals surface area (Å²) in [6.07, 6.45) is 0. The lowest BCUT2D eigenvalue weighted by Gasteiger charge is -2.13. The number of rotatable bonds is 14. The van der Waals surface area contributed by atoms with E-state index in [9.17, 15) is 0 Å². The maximum atomic E-state index is 5.29. The van der Waals surface area contributed by atoms with Gasteiger partial charge in [0.05, 0.1) is 22.4 Å². The fourth-order valence-electron chi connectivity index (χ4n) is 16.4. The smallest absolute Gasteiger partial charge is 0.164 e. The Morgan fingerprint density at radius 1 is 0.108 bits per heavy atom. The topological polar surface area (TPSA) is 103 Å². The highest BCUT2D eigenvalue weighted by atomic mass is 15.0. The molecule has 0 saturated carbocycles. The predicted octanol–water partition coefficient (Wildman–Crippen LogP) is 28.8. The Balaban J connectivity index is 0.000000148. The highest BCUT2D eigenvalue weighted by molar-refractivity contribution is 6.16. The summed E-state index contributed by atoms with van der Waals surface area (Å²) in [5, 5.41) is 11.9. The van der Waals surface area contributed by atoms with Crippen LogP contribution in [0.4, 0.5) is 0 Å². The van der Waals surface area contributed by atoms with E-state index >= 15 is 0 Å². The van der Waals surface area contributed by atoms with Gasteiger partial charge in [-0.2, -0.15) is 0 Å². The van der Waals surface area contributed by atoms with Gasteiger partial charge < -0.3 is 0 Å². The van der Waals surface area contributed by atoms with Crippen molar-refractivity contribution in [2.24, 2.45) is 0 Å². The number of aromatic nitrogens is 8. The molecule has 0 N–H and O–H groups in total. The Labute approximate surface area is 694 Å². The van der Waals surface area contributed by atoms with Crippen molar-refractivity contribution in [1.82, 2.24) is 39.9 Å². The highest BCUT2D eigenvalue weighted by Gasteiger charge is 2.20. The Morgan fingerprint density at radius 2 is 0.350 bits per heavy atom. The number of benzene rings is 18. The molecular formula is C112H72N8. The van der Waals surface area contributed by atoms with E-state index in [1.807, 2.05) is 72.8 Å². The third kappa shape index (κ3) is 14.4. The molecule has 560 valence electrons. The zero-order valence-electron chi connectivity index (χ0n) is 65.1. The molecule has 8 nitrogen and oxygen atoms in total. The Bertz CT molecular complexity index is 7600. The van der Waals surface area contributed by atoms with Crippen LogP contribution in [0.2, 0.25) is 0 Å². The first-order chi connectivity index (χ1) is 59.4. The van der Waals surface area contributed by atoms with Crippen LogP contribution in [0.25, 0.3) is 222 Å². The minimum atomic E-state index is 0.629. The third-order valence-electron chi connectivity index (χ3n) is 22.6. The molecule has 0 fully saturated rings. The van der Waals surface area contributed by atoms with Crippen LogP contribution in [0.3, 0.4) is 0 Å². The van der Waals surface area contributed by atoms with E-state index in [0.717, 1.165) is 133 Å². The lowest BCUT2D eigenvalue weighted by Crippen LogP contribution is -2.00. The van der Waals surface area contributed by atoms with E-state index in [-0.39, 0.29) is 0 Å². The minimum absolute atomic E-state index is 0.629. The summed E-state index contributed by atoms with van der Waals surface area (Å²) in [6.45, 7) is 0. The second-order valence-electron chi connectivity index (χ2n) is 30.2. The molecule has 0 aliphatic heterocycles. The Hall–Kier alpha value is -16.2. The molecule has 0 amide bonds. The van der Waals surface area contributed by atoms with Crippen molar-refractivity contribution in [2.45, 2.75) is 0 Å². The van der Waals surface area contributed by atoms with Crippen LogP contribution in [0.15, 0.2) is 437 Å². The van der Waals surface area contributed by atoms with Gasteiger partial charge in [-0.15, -0.1) is 0 Å². The molecule has 0 aliphatic carbocycles. The molecule has 0 saturated heterocycles. The first-order valence-corrected chi connectivity index (χ1v) is 40.4. The third-order valence-corrected chi connectivity index (χ3v) is 22.6. The summed E-state index contributed by atoms with van der Waals surface area (Å²) < 4.78 is 0. The van der Waals surface area contributed by atoms with Gasteiger partial charge in [0, 0.05) is 66.1 Å². The summed E-state index contributed by atoms with van der Waals surface area (Å²) >= 11 is 0. The molecule has 8 heteroatoms. The van der Waals surface area contributed by atoms with E-state index in [1.165, 1.54) is 54.2 Å². The lowest BCUT2D eigenvalue weighted by atomic mass is 9.94. The van der Waals surface area contributed by atoms with Crippen LogP contribution < -0.4 is 0 Å². The largest absolute Gasteiger partial charge is 0.247 e. The second kappa shape index (κ2) is 31.6. The average molecular weight is 1530 g/mol. The van der Waals surface area contributed by atoms with Crippen molar-refractivity contribution in [1.29, 1.82) is 0 Å². The summed E-state index contributed by atoms with van der Waals surface area (Å²) in [4.78, 5) is 40.6. The predicted molar refractivity (Wildman–Crippen MR) is 496 cm³/mol. The quantitative estimate of drug-likeness (QED) is 0.0784. The van der Waals surface area contributed by atoms with E-state index in [2.05, 4.69) is 364 Å². The van der Waals surface area contributed by atoms with E-state index < -0.39 is 0 Å². The van der Waals surface area contributed by atoms with Gasteiger partial charge in [-0.1, -0.05) is 382 Å². The molecule has 0 bridgehead atoms. The van der Waals surface area contributed by atoms with Crippen molar-refractivity contribution in [3.8, 4) is 158 Å². The molecule has 0 aliphatic rings. The molecule has 0 atom stereocenters.